The minimum atomic E-state index is -3.11. The molecule has 0 aromatic heterocycles. The second-order valence-electron chi connectivity index (χ2n) is 5.33. The Morgan fingerprint density at radius 3 is 2.74 bits per heavy atom. The Hall–Kier alpha value is -2.22. The number of piperidine rings is 1. The summed E-state index contributed by atoms with van der Waals surface area (Å²) in [5, 5.41) is 14.1. The fourth-order valence-electron chi connectivity index (χ4n) is 2.62. The molecule has 0 atom stereocenters. The Balaban J connectivity index is 2.03. The first-order valence-electron chi connectivity index (χ1n) is 7.32. The molecule has 1 heterocycles. The minimum absolute atomic E-state index is 0.192. The first-order valence-corrected chi connectivity index (χ1v) is 7.32. The van der Waals surface area contributed by atoms with Gasteiger partial charge in [0, 0.05) is 43.5 Å². The molecular formula is C15H19F2N3O3. The van der Waals surface area contributed by atoms with Crippen LogP contribution >= 0.6 is 0 Å². The van der Waals surface area contributed by atoms with Gasteiger partial charge in [0.05, 0.1) is 4.92 Å². The van der Waals surface area contributed by atoms with Crippen molar-refractivity contribution in [2.75, 3.05) is 25.0 Å². The van der Waals surface area contributed by atoms with Crippen molar-refractivity contribution >= 4 is 11.4 Å². The summed E-state index contributed by atoms with van der Waals surface area (Å²) >= 11 is 0. The van der Waals surface area contributed by atoms with Crippen molar-refractivity contribution < 1.29 is 18.4 Å². The number of anilines is 1. The first kappa shape index (κ1) is 17.1. The maximum Gasteiger partial charge on any atom is 0.387 e. The third-order valence-electron chi connectivity index (χ3n) is 3.72. The van der Waals surface area contributed by atoms with Crippen LogP contribution in [0.1, 0.15) is 12.8 Å². The number of ether oxygens (including phenoxy) is 1. The highest BCUT2D eigenvalue weighted by molar-refractivity contribution is 5.58. The van der Waals surface area contributed by atoms with Gasteiger partial charge in [-0.3, -0.25) is 15.0 Å². The molecule has 1 N–H and O–H groups in total. The summed E-state index contributed by atoms with van der Waals surface area (Å²) in [7, 11) is 0. The molecule has 0 radical (unpaired) electrons. The fraction of sp³-hybridized carbons (Fsp3) is 0.467. The van der Waals surface area contributed by atoms with Crippen LogP contribution in [0.25, 0.3) is 0 Å². The van der Waals surface area contributed by atoms with E-state index in [1.807, 2.05) is 6.08 Å². The van der Waals surface area contributed by atoms with Gasteiger partial charge in [-0.15, -0.1) is 6.58 Å². The highest BCUT2D eigenvalue weighted by Crippen LogP contribution is 2.32. The zero-order valence-corrected chi connectivity index (χ0v) is 12.6. The zero-order chi connectivity index (χ0) is 16.8. The molecule has 1 aliphatic rings. The Kier molecular flexibility index (Phi) is 5.86. The number of likely N-dealkylation sites (tertiary alicyclic amines) is 1. The lowest BCUT2D eigenvalue weighted by atomic mass is 10.0. The molecule has 1 aromatic carbocycles. The highest BCUT2D eigenvalue weighted by Gasteiger charge is 2.21. The van der Waals surface area contributed by atoms with Gasteiger partial charge in [0.1, 0.15) is 0 Å². The summed E-state index contributed by atoms with van der Waals surface area (Å²) in [5.41, 5.74) is 0.0603. The molecular weight excluding hydrogens is 308 g/mol. The smallest absolute Gasteiger partial charge is 0.387 e. The van der Waals surface area contributed by atoms with Gasteiger partial charge in [-0.25, -0.2) is 0 Å². The molecule has 0 saturated carbocycles. The number of alkyl halides is 2. The first-order chi connectivity index (χ1) is 11.0. The minimum Gasteiger partial charge on any atom is -0.427 e. The number of nitro benzene ring substituents is 1. The van der Waals surface area contributed by atoms with E-state index in [1.165, 1.54) is 18.2 Å². The Bertz CT molecular complexity index is 561. The lowest BCUT2D eigenvalue weighted by molar-refractivity contribution is -0.386. The van der Waals surface area contributed by atoms with Gasteiger partial charge < -0.3 is 10.1 Å². The Morgan fingerprint density at radius 2 is 2.17 bits per heavy atom. The molecule has 1 aliphatic heterocycles. The number of nitro groups is 1. The van der Waals surface area contributed by atoms with E-state index >= 15 is 0 Å². The summed E-state index contributed by atoms with van der Waals surface area (Å²) in [4.78, 5) is 12.4. The summed E-state index contributed by atoms with van der Waals surface area (Å²) in [6.07, 6.45) is 3.66. The number of nitrogens with one attached hydrogen (secondary N) is 1. The number of nitrogens with zero attached hydrogens (tertiary/aromatic N) is 2. The maximum absolute atomic E-state index is 12.4. The van der Waals surface area contributed by atoms with Gasteiger partial charge in [0.2, 0.25) is 5.75 Å². The van der Waals surface area contributed by atoms with E-state index in [2.05, 4.69) is 21.5 Å². The van der Waals surface area contributed by atoms with E-state index in [1.54, 1.807) is 0 Å². The summed E-state index contributed by atoms with van der Waals surface area (Å²) < 4.78 is 29.0. The molecule has 1 fully saturated rings. The van der Waals surface area contributed by atoms with Gasteiger partial charge in [-0.2, -0.15) is 8.78 Å². The normalized spacial score (nSPS) is 16.3. The van der Waals surface area contributed by atoms with Gasteiger partial charge >= 0.3 is 12.3 Å². The predicted molar refractivity (Wildman–Crippen MR) is 83.0 cm³/mol. The Morgan fingerprint density at radius 1 is 1.48 bits per heavy atom. The molecule has 1 aromatic rings. The van der Waals surface area contributed by atoms with E-state index in [0.29, 0.717) is 5.69 Å². The van der Waals surface area contributed by atoms with Crippen molar-refractivity contribution in [3.8, 4) is 5.75 Å². The molecule has 0 amide bonds. The van der Waals surface area contributed by atoms with Gasteiger partial charge in [0.25, 0.3) is 0 Å². The fourth-order valence-corrected chi connectivity index (χ4v) is 2.62. The number of halogens is 2. The molecule has 6 nitrogen and oxygen atoms in total. The van der Waals surface area contributed by atoms with Crippen molar-refractivity contribution in [1.82, 2.24) is 4.90 Å². The van der Waals surface area contributed by atoms with Crippen LogP contribution in [0.3, 0.4) is 0 Å². The zero-order valence-electron chi connectivity index (χ0n) is 12.6. The molecule has 126 valence electrons. The second-order valence-corrected chi connectivity index (χ2v) is 5.33. The molecule has 0 bridgehead atoms. The maximum atomic E-state index is 12.4. The van der Waals surface area contributed by atoms with Crippen LogP contribution in [0.15, 0.2) is 30.9 Å². The lowest BCUT2D eigenvalue weighted by Gasteiger charge is -2.32. The van der Waals surface area contributed by atoms with E-state index < -0.39 is 23.0 Å². The SMILES string of the molecule is C=CCN1CCC(Nc2ccc([N+](=O)[O-])c(OC(F)F)c2)CC1. The molecule has 0 spiro atoms. The molecule has 1 saturated heterocycles. The van der Waals surface area contributed by atoms with Crippen LogP contribution in [0.5, 0.6) is 5.75 Å². The molecule has 2 rings (SSSR count). The molecule has 0 unspecified atom stereocenters. The van der Waals surface area contributed by atoms with Crippen molar-refractivity contribution in [2.24, 2.45) is 0 Å². The lowest BCUT2D eigenvalue weighted by Crippen LogP contribution is -2.39. The number of hydrogen-bond acceptors (Lipinski definition) is 5. The average molecular weight is 327 g/mol. The van der Waals surface area contributed by atoms with E-state index in [4.69, 9.17) is 0 Å². The number of benzene rings is 1. The van der Waals surface area contributed by atoms with Crippen molar-refractivity contribution in [3.05, 3.63) is 41.0 Å². The summed E-state index contributed by atoms with van der Waals surface area (Å²) in [5.74, 6) is -0.431. The third kappa shape index (κ3) is 4.88. The number of rotatable bonds is 7. The van der Waals surface area contributed by atoms with Crippen LogP contribution < -0.4 is 10.1 Å². The monoisotopic (exact) mass is 327 g/mol. The van der Waals surface area contributed by atoms with Crippen LogP contribution in [-0.4, -0.2) is 42.1 Å². The number of hydrogen-bond donors (Lipinski definition) is 1. The molecule has 8 heteroatoms. The molecule has 0 aliphatic carbocycles. The summed E-state index contributed by atoms with van der Waals surface area (Å²) in [6.45, 7) is 3.28. The van der Waals surface area contributed by atoms with Crippen molar-refractivity contribution in [2.45, 2.75) is 25.5 Å². The van der Waals surface area contributed by atoms with Crippen LogP contribution in [0.2, 0.25) is 0 Å². The van der Waals surface area contributed by atoms with Crippen molar-refractivity contribution in [1.29, 1.82) is 0 Å². The summed E-state index contributed by atoms with van der Waals surface area (Å²) in [6, 6.07) is 4.12. The standard InChI is InChI=1S/C15H19F2N3O3/c1-2-7-19-8-5-11(6-9-19)18-12-3-4-13(20(21)22)14(10-12)23-15(16)17/h2-4,10-11,15,18H,1,5-9H2. The van der Waals surface area contributed by atoms with E-state index in [9.17, 15) is 18.9 Å². The van der Waals surface area contributed by atoms with Crippen LogP contribution in [0, 0.1) is 10.1 Å². The van der Waals surface area contributed by atoms with Crippen LogP contribution in [-0.2, 0) is 0 Å². The largest absolute Gasteiger partial charge is 0.427 e. The Labute approximate surface area is 132 Å². The van der Waals surface area contributed by atoms with Gasteiger partial charge in [-0.1, -0.05) is 6.08 Å². The van der Waals surface area contributed by atoms with Gasteiger partial charge in [-0.05, 0) is 18.9 Å². The topological polar surface area (TPSA) is 67.6 Å². The van der Waals surface area contributed by atoms with Gasteiger partial charge in [0.15, 0.2) is 0 Å². The third-order valence-corrected chi connectivity index (χ3v) is 3.72. The average Bonchev–Trinajstić information content (AvgIpc) is 2.49. The van der Waals surface area contributed by atoms with Crippen LogP contribution in [0.4, 0.5) is 20.2 Å². The quantitative estimate of drug-likeness (QED) is 0.473. The highest BCUT2D eigenvalue weighted by atomic mass is 19.3. The van der Waals surface area contributed by atoms with Crippen molar-refractivity contribution in [3.63, 3.8) is 0 Å². The molecule has 23 heavy (non-hydrogen) atoms. The second kappa shape index (κ2) is 7.87. The van der Waals surface area contributed by atoms with E-state index in [-0.39, 0.29) is 6.04 Å². The predicted octanol–water partition coefficient (Wildman–Crippen LogP) is 3.26. The van der Waals surface area contributed by atoms with E-state index in [0.717, 1.165) is 32.5 Å².